The molecule has 0 saturated carbocycles. The zero-order valence-corrected chi connectivity index (χ0v) is 46.3. The molecule has 20 atom stereocenters. The zero-order valence-electron chi connectivity index (χ0n) is 46.3. The lowest BCUT2D eigenvalue weighted by Crippen LogP contribution is -2.58. The summed E-state index contributed by atoms with van der Waals surface area (Å²) in [6.07, 6.45) is 8.55. The second-order valence-corrected chi connectivity index (χ2v) is 21.8. The molecule has 0 radical (unpaired) electrons. The molecule has 6 aliphatic heterocycles. The first-order valence-corrected chi connectivity index (χ1v) is 27.1. The molecule has 76 heavy (non-hydrogen) atoms. The average Bonchev–Trinajstić information content (AvgIpc) is 3.80. The van der Waals surface area contributed by atoms with Gasteiger partial charge in [-0.15, -0.1) is 0 Å². The third-order valence-electron chi connectivity index (χ3n) is 16.3. The van der Waals surface area contributed by atoms with Gasteiger partial charge in [0.15, 0.2) is 18.4 Å². The van der Waals surface area contributed by atoms with E-state index < -0.39 is 96.8 Å². The van der Waals surface area contributed by atoms with E-state index in [2.05, 4.69) is 39.8 Å². The van der Waals surface area contributed by atoms with Gasteiger partial charge in [-0.3, -0.25) is 4.79 Å². The van der Waals surface area contributed by atoms with E-state index in [9.17, 15) is 30.0 Å². The van der Waals surface area contributed by atoms with E-state index in [1.54, 1.807) is 54.1 Å². The molecular formula is C58H84O18. The van der Waals surface area contributed by atoms with Gasteiger partial charge in [0, 0.05) is 57.8 Å². The van der Waals surface area contributed by atoms with E-state index >= 15 is 0 Å². The topological polar surface area (TPSA) is 237 Å². The van der Waals surface area contributed by atoms with Crippen molar-refractivity contribution in [1.29, 1.82) is 0 Å². The normalized spacial score (nSPS) is 40.1. The Morgan fingerprint density at radius 3 is 2.25 bits per heavy atom. The number of phenols is 2. The van der Waals surface area contributed by atoms with Gasteiger partial charge in [-0.2, -0.15) is 0 Å². The Bertz CT molecular complexity index is 2300. The molecule has 5 N–H and O–H groups in total. The maximum Gasteiger partial charge on any atom is 0.342 e. The van der Waals surface area contributed by atoms with Crippen LogP contribution in [0.3, 0.4) is 0 Å². The fourth-order valence-corrected chi connectivity index (χ4v) is 11.8. The molecule has 1 aromatic carbocycles. The first kappa shape index (κ1) is 59.6. The number of allylic oxidation sites excluding steroid dienone is 2. The lowest BCUT2D eigenvalue weighted by atomic mass is 9.71. The van der Waals surface area contributed by atoms with Crippen molar-refractivity contribution in [3.05, 3.63) is 82.5 Å². The highest BCUT2D eigenvalue weighted by atomic mass is 16.7. The maximum absolute atomic E-state index is 14.3. The number of aliphatic hydroxyl groups is 3. The molecule has 1 spiro atoms. The molecule has 8 rings (SSSR count). The van der Waals surface area contributed by atoms with E-state index in [4.69, 9.17) is 57.2 Å². The van der Waals surface area contributed by atoms with Gasteiger partial charge in [-0.25, -0.2) is 4.79 Å². The number of aliphatic hydroxyl groups excluding tert-OH is 2. The van der Waals surface area contributed by atoms with Crippen molar-refractivity contribution in [1.82, 2.24) is 0 Å². The minimum absolute atomic E-state index is 0.0317. The Morgan fingerprint density at radius 1 is 0.868 bits per heavy atom. The number of methoxy groups -OCH3 is 2. The van der Waals surface area contributed by atoms with Gasteiger partial charge < -0.3 is 77.6 Å². The highest BCUT2D eigenvalue weighted by molar-refractivity contribution is 5.94. The first-order valence-electron chi connectivity index (χ1n) is 27.1. The average molecular weight is 1070 g/mol. The lowest BCUT2D eigenvalue weighted by Gasteiger charge is -2.48. The van der Waals surface area contributed by atoms with Crippen molar-refractivity contribution in [2.45, 2.75) is 205 Å². The summed E-state index contributed by atoms with van der Waals surface area (Å²) in [5, 5.41) is 52.8. The fourth-order valence-electron chi connectivity index (χ4n) is 11.8. The van der Waals surface area contributed by atoms with Crippen molar-refractivity contribution in [3.63, 3.8) is 0 Å². The third kappa shape index (κ3) is 13.0. The predicted octanol–water partition coefficient (Wildman–Crippen LogP) is 6.96. The van der Waals surface area contributed by atoms with Crippen molar-refractivity contribution in [2.75, 3.05) is 27.4 Å². The summed E-state index contributed by atoms with van der Waals surface area (Å²) >= 11 is 0. The van der Waals surface area contributed by atoms with Crippen LogP contribution < -0.4 is 0 Å². The van der Waals surface area contributed by atoms with Gasteiger partial charge in [-0.1, -0.05) is 70.6 Å². The number of phenolic OH excluding ortho intramolecular Hbond substituents is 2. The molecule has 4 saturated heterocycles. The number of hydrogen-bond donors (Lipinski definition) is 5. The molecule has 1 aromatic rings. The number of esters is 2. The summed E-state index contributed by atoms with van der Waals surface area (Å²) in [6.45, 7) is 19.6. The van der Waals surface area contributed by atoms with Gasteiger partial charge in [0.2, 0.25) is 0 Å². The number of hydrogen-bond acceptors (Lipinski definition) is 18. The minimum atomic E-state index is -1.84. The zero-order chi connectivity index (χ0) is 55.4. The standard InChI is InChI=1S/C48H72O14.C10H12O4/c1-11-25(2)43-28(5)17-18-47(62-43)23-34-20-33(61-47)16-15-27(4)42(26(3)13-12-14-32-24-55-45-40(49)29(6)19-35(46(51)58-34)48(32,45)52)59-39-22-37(54-10)44(31(8)57-39)60-38-21-36(53-9)41(50)30(7)56-38;1-3-14-10(13)9-6(2)4-7(11)5-8(9)12/h12-15,17-19,25-26,28,30-31,33-45,49-50,52H,11,16,20-24H2,1-10H3;4-5,11-12H,3H2,1-2H3. The number of carbonyl (C=O) groups is 2. The van der Waals surface area contributed by atoms with Gasteiger partial charge in [-0.05, 0) is 88.3 Å². The molecular weight excluding hydrogens is 985 g/mol. The van der Waals surface area contributed by atoms with Crippen molar-refractivity contribution in [3.8, 4) is 11.5 Å². The van der Waals surface area contributed by atoms with Crippen molar-refractivity contribution < 1.29 is 87.2 Å². The van der Waals surface area contributed by atoms with Crippen LogP contribution in [0.5, 0.6) is 11.5 Å². The number of fused-ring (bicyclic) bond motifs is 2. The van der Waals surface area contributed by atoms with Crippen LogP contribution in [0.15, 0.2) is 71.4 Å². The molecule has 18 heteroatoms. The fraction of sp³-hybridized carbons (Fsp3) is 0.690. The van der Waals surface area contributed by atoms with Crippen LogP contribution in [0.2, 0.25) is 0 Å². The van der Waals surface area contributed by atoms with Gasteiger partial charge in [0.1, 0.15) is 59.1 Å². The number of benzene rings is 1. The Kier molecular flexibility index (Phi) is 19.9. The SMILES string of the molecule is CCC(C)C1OC2(C=CC1C)CC1CC(CC=C(C)C(OC3CC(OC)C(OC4CC(OC)C(O)C(C)O4)C(C)O3)C(C)C=CC=C3COC4C(O)C(C)=CC(C(=O)O1)C34O)O2.CCOC(=O)c1c(C)cc(O)cc1O. The number of carbonyl (C=O) groups excluding carboxylic acids is 2. The summed E-state index contributed by atoms with van der Waals surface area (Å²) in [5.41, 5.74) is 0.722. The van der Waals surface area contributed by atoms with Crippen LogP contribution in [0, 0.1) is 30.6 Å². The van der Waals surface area contributed by atoms with Gasteiger partial charge >= 0.3 is 11.9 Å². The summed E-state index contributed by atoms with van der Waals surface area (Å²) in [7, 11) is 3.22. The van der Waals surface area contributed by atoms with Crippen molar-refractivity contribution in [2.24, 2.45) is 23.7 Å². The highest BCUT2D eigenvalue weighted by Gasteiger charge is 2.60. The summed E-state index contributed by atoms with van der Waals surface area (Å²) in [5.74, 6) is -3.48. The predicted molar refractivity (Wildman–Crippen MR) is 278 cm³/mol. The monoisotopic (exact) mass is 1070 g/mol. The summed E-state index contributed by atoms with van der Waals surface area (Å²) < 4.78 is 68.4. The molecule has 0 amide bonds. The summed E-state index contributed by atoms with van der Waals surface area (Å²) in [6, 6.07) is 2.51. The lowest BCUT2D eigenvalue weighted by molar-refractivity contribution is -0.318. The largest absolute Gasteiger partial charge is 0.508 e. The summed E-state index contributed by atoms with van der Waals surface area (Å²) in [4.78, 5) is 25.7. The van der Waals surface area contributed by atoms with E-state index in [1.807, 2.05) is 32.1 Å². The first-order chi connectivity index (χ1) is 36.1. The second-order valence-electron chi connectivity index (χ2n) is 21.8. The minimum Gasteiger partial charge on any atom is -0.508 e. The number of ether oxygens (including phenoxy) is 11. The van der Waals surface area contributed by atoms with Gasteiger partial charge in [0.05, 0.1) is 55.9 Å². The maximum atomic E-state index is 14.3. The van der Waals surface area contributed by atoms with Gasteiger partial charge in [0.25, 0.3) is 0 Å². The Hall–Kier alpha value is -4.02. The van der Waals surface area contributed by atoms with E-state index in [1.165, 1.54) is 6.07 Å². The molecule has 18 nitrogen and oxygen atoms in total. The second kappa shape index (κ2) is 25.4. The Balaban J connectivity index is 0.000000521. The van der Waals surface area contributed by atoms with Crippen LogP contribution in [-0.2, 0) is 56.9 Å². The smallest absolute Gasteiger partial charge is 0.342 e. The molecule has 6 heterocycles. The van der Waals surface area contributed by atoms with Crippen LogP contribution in [0.1, 0.15) is 117 Å². The van der Waals surface area contributed by atoms with Crippen LogP contribution in [-0.4, -0.2) is 162 Å². The number of rotatable bonds is 10. The molecule has 7 aliphatic rings. The molecule has 20 unspecified atom stereocenters. The van der Waals surface area contributed by atoms with Crippen molar-refractivity contribution >= 4 is 11.9 Å². The third-order valence-corrected chi connectivity index (χ3v) is 16.3. The number of aromatic hydroxyl groups is 2. The Labute approximate surface area is 447 Å². The highest BCUT2D eigenvalue weighted by Crippen LogP contribution is 2.47. The molecule has 424 valence electrons. The van der Waals surface area contributed by atoms with Crippen LogP contribution in [0.25, 0.3) is 0 Å². The molecule has 0 aromatic heterocycles. The van der Waals surface area contributed by atoms with Crippen LogP contribution in [0.4, 0.5) is 0 Å². The quantitative estimate of drug-likeness (QED) is 0.118. The van der Waals surface area contributed by atoms with Crippen LogP contribution >= 0.6 is 0 Å². The van der Waals surface area contributed by atoms with E-state index in [-0.39, 0.29) is 66.3 Å². The molecule has 2 bridgehead atoms. The molecule has 1 aliphatic carbocycles. The molecule has 4 fully saturated rings. The number of aryl methyl sites for hydroxylation is 1. The van der Waals surface area contributed by atoms with E-state index in [0.717, 1.165) is 18.1 Å². The Morgan fingerprint density at radius 2 is 1.57 bits per heavy atom. The van der Waals surface area contributed by atoms with E-state index in [0.29, 0.717) is 48.8 Å².